The van der Waals surface area contributed by atoms with Crippen LogP contribution in [0.1, 0.15) is 13.3 Å². The number of hydrogen-bond acceptors (Lipinski definition) is 2. The summed E-state index contributed by atoms with van der Waals surface area (Å²) in [5, 5.41) is 9.50. The van der Waals surface area contributed by atoms with Crippen LogP contribution in [-0.2, 0) is 4.74 Å². The normalized spacial score (nSPS) is 34.8. The lowest BCUT2D eigenvalue weighted by Crippen LogP contribution is -2.17. The van der Waals surface area contributed by atoms with Crippen molar-refractivity contribution in [1.29, 1.82) is 0 Å². The van der Waals surface area contributed by atoms with Gasteiger partial charge in [0, 0.05) is 6.42 Å². The Balaban J connectivity index is 2.40. The number of ether oxygens (including phenoxy) is 1. The second-order valence-corrected chi connectivity index (χ2v) is 3.22. The van der Waals surface area contributed by atoms with E-state index in [9.17, 15) is 5.11 Å². The molecule has 2 heteroatoms. The fourth-order valence-electron chi connectivity index (χ4n) is 1.38. The van der Waals surface area contributed by atoms with Crippen LogP contribution in [0.15, 0.2) is 37.0 Å². The zero-order chi connectivity index (χ0) is 9.68. The Morgan fingerprint density at radius 3 is 2.69 bits per heavy atom. The van der Waals surface area contributed by atoms with E-state index in [0.29, 0.717) is 0 Å². The van der Waals surface area contributed by atoms with Gasteiger partial charge in [0.1, 0.15) is 6.10 Å². The summed E-state index contributed by atoms with van der Waals surface area (Å²) < 4.78 is 5.46. The van der Waals surface area contributed by atoms with Crippen LogP contribution in [0.2, 0.25) is 0 Å². The molecule has 1 saturated heterocycles. The third-order valence-electron chi connectivity index (χ3n) is 2.00. The Morgan fingerprint density at radius 2 is 2.15 bits per heavy atom. The van der Waals surface area contributed by atoms with Gasteiger partial charge in [-0.2, -0.15) is 0 Å². The van der Waals surface area contributed by atoms with Gasteiger partial charge in [-0.25, -0.2) is 0 Å². The van der Waals surface area contributed by atoms with Gasteiger partial charge in [0.25, 0.3) is 0 Å². The zero-order valence-corrected chi connectivity index (χ0v) is 7.89. The van der Waals surface area contributed by atoms with E-state index in [4.69, 9.17) is 4.74 Å². The first-order valence-corrected chi connectivity index (χ1v) is 4.53. The van der Waals surface area contributed by atoms with Gasteiger partial charge in [0.05, 0.1) is 12.2 Å². The summed E-state index contributed by atoms with van der Waals surface area (Å²) in [5.74, 6) is 0. The van der Waals surface area contributed by atoms with Gasteiger partial charge in [0.15, 0.2) is 0 Å². The lowest BCUT2D eigenvalue weighted by Gasteiger charge is -2.07. The number of rotatable bonds is 3. The van der Waals surface area contributed by atoms with E-state index in [0.717, 1.165) is 6.42 Å². The molecule has 1 aliphatic heterocycles. The fraction of sp³-hybridized carbons (Fsp3) is 0.455. The highest BCUT2D eigenvalue weighted by Gasteiger charge is 2.28. The van der Waals surface area contributed by atoms with E-state index in [1.807, 2.05) is 31.2 Å². The summed E-state index contributed by atoms with van der Waals surface area (Å²) in [6, 6.07) is 0. The molecule has 72 valence electrons. The standard InChI is InChI=1S/C11H16O2/c1-3-4-5-6-7-11-10(12)8-9(2)13-11/h3-7,9-12H,1,8H2,2H3/b5-4+,7-6+/t9-,10+,11+/m1/s1. The Kier molecular flexibility index (Phi) is 3.93. The molecule has 0 saturated carbocycles. The van der Waals surface area contributed by atoms with Crippen LogP contribution in [0.3, 0.4) is 0 Å². The predicted octanol–water partition coefficient (Wildman–Crippen LogP) is 1.82. The minimum Gasteiger partial charge on any atom is -0.390 e. The molecule has 13 heavy (non-hydrogen) atoms. The van der Waals surface area contributed by atoms with Crippen molar-refractivity contribution in [3.05, 3.63) is 37.0 Å². The van der Waals surface area contributed by atoms with Crippen LogP contribution in [0.5, 0.6) is 0 Å². The molecule has 0 amide bonds. The average Bonchev–Trinajstić information content (AvgIpc) is 2.39. The number of hydrogen-bond donors (Lipinski definition) is 1. The molecule has 2 nitrogen and oxygen atoms in total. The molecule has 0 aromatic carbocycles. The summed E-state index contributed by atoms with van der Waals surface area (Å²) in [7, 11) is 0. The van der Waals surface area contributed by atoms with E-state index >= 15 is 0 Å². The van der Waals surface area contributed by atoms with Gasteiger partial charge in [-0.15, -0.1) is 0 Å². The summed E-state index contributed by atoms with van der Waals surface area (Å²) in [4.78, 5) is 0. The van der Waals surface area contributed by atoms with E-state index in [-0.39, 0.29) is 18.3 Å². The lowest BCUT2D eigenvalue weighted by molar-refractivity contribution is 0.0469. The average molecular weight is 180 g/mol. The smallest absolute Gasteiger partial charge is 0.102 e. The quantitative estimate of drug-likeness (QED) is 0.671. The highest BCUT2D eigenvalue weighted by Crippen LogP contribution is 2.20. The Morgan fingerprint density at radius 1 is 1.38 bits per heavy atom. The molecule has 1 fully saturated rings. The zero-order valence-electron chi connectivity index (χ0n) is 7.89. The molecule has 1 heterocycles. The monoisotopic (exact) mass is 180 g/mol. The van der Waals surface area contributed by atoms with Crippen molar-refractivity contribution in [3.8, 4) is 0 Å². The number of allylic oxidation sites excluding steroid dienone is 4. The van der Waals surface area contributed by atoms with Crippen LogP contribution in [-0.4, -0.2) is 23.4 Å². The maximum atomic E-state index is 9.50. The van der Waals surface area contributed by atoms with E-state index in [1.165, 1.54) is 0 Å². The third-order valence-corrected chi connectivity index (χ3v) is 2.00. The molecule has 0 aromatic rings. The summed E-state index contributed by atoms with van der Waals surface area (Å²) in [5.41, 5.74) is 0. The minimum atomic E-state index is -0.358. The molecule has 0 bridgehead atoms. The van der Waals surface area contributed by atoms with Crippen molar-refractivity contribution < 1.29 is 9.84 Å². The van der Waals surface area contributed by atoms with Crippen molar-refractivity contribution >= 4 is 0 Å². The molecule has 0 aromatic heterocycles. The van der Waals surface area contributed by atoms with Gasteiger partial charge < -0.3 is 9.84 Å². The van der Waals surface area contributed by atoms with Crippen molar-refractivity contribution in [2.45, 2.75) is 31.7 Å². The van der Waals surface area contributed by atoms with Crippen LogP contribution in [0, 0.1) is 0 Å². The van der Waals surface area contributed by atoms with Crippen LogP contribution >= 0.6 is 0 Å². The summed E-state index contributed by atoms with van der Waals surface area (Å²) >= 11 is 0. The van der Waals surface area contributed by atoms with Crippen LogP contribution in [0.4, 0.5) is 0 Å². The highest BCUT2D eigenvalue weighted by atomic mass is 16.5. The molecule has 0 unspecified atom stereocenters. The van der Waals surface area contributed by atoms with Gasteiger partial charge in [0.2, 0.25) is 0 Å². The van der Waals surface area contributed by atoms with Crippen molar-refractivity contribution in [3.63, 3.8) is 0 Å². The Labute approximate surface area is 79.2 Å². The van der Waals surface area contributed by atoms with Crippen LogP contribution < -0.4 is 0 Å². The molecule has 1 aliphatic rings. The molecule has 0 radical (unpaired) electrons. The van der Waals surface area contributed by atoms with Crippen molar-refractivity contribution in [2.24, 2.45) is 0 Å². The topological polar surface area (TPSA) is 29.5 Å². The Hall–Kier alpha value is -0.860. The maximum Gasteiger partial charge on any atom is 0.102 e. The highest BCUT2D eigenvalue weighted by molar-refractivity contribution is 5.11. The molecule has 0 spiro atoms. The summed E-state index contributed by atoms with van der Waals surface area (Å²) in [6.07, 6.45) is 9.52. The van der Waals surface area contributed by atoms with Crippen LogP contribution in [0.25, 0.3) is 0 Å². The predicted molar refractivity (Wildman–Crippen MR) is 53.4 cm³/mol. The Bertz CT molecular complexity index is 218. The SMILES string of the molecule is C=C/C=C/C=C/[C@@H]1O[C@H](C)C[C@@H]1O. The fourth-order valence-corrected chi connectivity index (χ4v) is 1.38. The van der Waals surface area contributed by atoms with Gasteiger partial charge in [-0.05, 0) is 6.92 Å². The molecular formula is C11H16O2. The van der Waals surface area contributed by atoms with Crippen molar-refractivity contribution in [2.75, 3.05) is 0 Å². The molecule has 3 atom stereocenters. The largest absolute Gasteiger partial charge is 0.390 e. The second kappa shape index (κ2) is 5.00. The number of aliphatic hydroxyl groups is 1. The number of aliphatic hydroxyl groups excluding tert-OH is 1. The molecule has 1 rings (SSSR count). The molecular weight excluding hydrogens is 164 g/mol. The maximum absolute atomic E-state index is 9.50. The third kappa shape index (κ3) is 3.17. The molecule has 1 N–H and O–H groups in total. The van der Waals surface area contributed by atoms with Gasteiger partial charge in [-0.1, -0.05) is 37.0 Å². The lowest BCUT2D eigenvalue weighted by atomic mass is 10.1. The first-order chi connectivity index (χ1) is 6.24. The van der Waals surface area contributed by atoms with Crippen molar-refractivity contribution in [1.82, 2.24) is 0 Å². The molecule has 0 aliphatic carbocycles. The minimum absolute atomic E-state index is 0.149. The van der Waals surface area contributed by atoms with E-state index in [2.05, 4.69) is 6.58 Å². The van der Waals surface area contributed by atoms with Gasteiger partial charge >= 0.3 is 0 Å². The summed E-state index contributed by atoms with van der Waals surface area (Å²) in [6.45, 7) is 5.52. The van der Waals surface area contributed by atoms with Gasteiger partial charge in [-0.3, -0.25) is 0 Å². The first-order valence-electron chi connectivity index (χ1n) is 4.53. The first kappa shape index (κ1) is 10.2. The van der Waals surface area contributed by atoms with E-state index in [1.54, 1.807) is 6.08 Å². The second-order valence-electron chi connectivity index (χ2n) is 3.22. The van der Waals surface area contributed by atoms with E-state index < -0.39 is 0 Å².